The van der Waals surface area contributed by atoms with Gasteiger partial charge in [0.15, 0.2) is 0 Å². The van der Waals surface area contributed by atoms with Gasteiger partial charge in [-0.3, -0.25) is 19.7 Å². The normalized spacial score (nSPS) is 13.2. The molecule has 1 fully saturated rings. The van der Waals surface area contributed by atoms with E-state index in [2.05, 4.69) is 10.6 Å². The fourth-order valence-electron chi connectivity index (χ4n) is 2.20. The third-order valence-corrected chi connectivity index (χ3v) is 4.05. The minimum Gasteiger partial charge on any atom is -0.349 e. The largest absolute Gasteiger partial charge is 0.349 e. The number of anilines is 1. The van der Waals surface area contributed by atoms with E-state index in [9.17, 15) is 19.7 Å². The van der Waals surface area contributed by atoms with E-state index in [1.807, 2.05) is 0 Å². The quantitative estimate of drug-likeness (QED) is 0.631. The van der Waals surface area contributed by atoms with E-state index in [0.29, 0.717) is 11.3 Å². The fourth-order valence-corrected chi connectivity index (χ4v) is 2.40. The molecule has 1 aliphatic carbocycles. The average molecular weight is 360 g/mol. The summed E-state index contributed by atoms with van der Waals surface area (Å²) in [5.41, 5.74) is 0.738. The van der Waals surface area contributed by atoms with Crippen LogP contribution in [0.25, 0.3) is 0 Å². The first kappa shape index (κ1) is 16.9. The Morgan fingerprint density at radius 3 is 2.36 bits per heavy atom. The van der Waals surface area contributed by atoms with Crippen molar-refractivity contribution in [2.75, 3.05) is 5.32 Å². The number of amides is 2. The number of carbonyl (C=O) groups is 2. The molecule has 0 spiro atoms. The molecule has 0 saturated heterocycles. The van der Waals surface area contributed by atoms with Crippen molar-refractivity contribution in [2.45, 2.75) is 18.9 Å². The molecule has 3 rings (SSSR count). The molecule has 2 N–H and O–H groups in total. The molecule has 128 valence electrons. The average Bonchev–Trinajstić information content (AvgIpc) is 3.39. The molecule has 0 aliphatic heterocycles. The maximum absolute atomic E-state index is 12.3. The number of carbonyl (C=O) groups excluding carboxylic acids is 2. The number of hydrogen-bond donors (Lipinski definition) is 2. The van der Waals surface area contributed by atoms with Gasteiger partial charge in [0.1, 0.15) is 0 Å². The number of halogens is 1. The molecule has 2 aromatic carbocycles. The molecule has 0 unspecified atom stereocenters. The highest BCUT2D eigenvalue weighted by Gasteiger charge is 2.23. The molecule has 1 aliphatic rings. The Morgan fingerprint density at radius 1 is 1.08 bits per heavy atom. The Balaban J connectivity index is 1.71. The first-order valence-corrected chi connectivity index (χ1v) is 7.98. The fraction of sp³-hybridized carbons (Fsp3) is 0.176. The standard InChI is InChI=1S/C17H14ClN3O4/c18-15-8-7-13(21(24)25)9-14(15)17(23)20-11-3-1-10(2-4-11)16(22)19-12-5-6-12/h1-4,7-9,12H,5-6H2,(H,19,22)(H,20,23). The number of rotatable bonds is 5. The summed E-state index contributed by atoms with van der Waals surface area (Å²) in [6.45, 7) is 0. The molecular formula is C17H14ClN3O4. The Morgan fingerprint density at radius 2 is 1.76 bits per heavy atom. The molecule has 7 nitrogen and oxygen atoms in total. The summed E-state index contributed by atoms with van der Waals surface area (Å²) in [7, 11) is 0. The lowest BCUT2D eigenvalue weighted by molar-refractivity contribution is -0.384. The third kappa shape index (κ3) is 4.13. The number of nitrogens with one attached hydrogen (secondary N) is 2. The van der Waals surface area contributed by atoms with Crippen LogP contribution in [0.1, 0.15) is 33.6 Å². The molecule has 8 heteroatoms. The van der Waals surface area contributed by atoms with Gasteiger partial charge >= 0.3 is 0 Å². The zero-order chi connectivity index (χ0) is 18.0. The molecule has 0 atom stereocenters. The summed E-state index contributed by atoms with van der Waals surface area (Å²) in [6.07, 6.45) is 2.01. The molecule has 0 bridgehead atoms. The van der Waals surface area contributed by atoms with Gasteiger partial charge in [-0.2, -0.15) is 0 Å². The molecule has 2 amide bonds. The van der Waals surface area contributed by atoms with Crippen LogP contribution in [0.2, 0.25) is 5.02 Å². The van der Waals surface area contributed by atoms with E-state index in [1.54, 1.807) is 24.3 Å². The predicted octanol–water partition coefficient (Wildman–Crippen LogP) is 3.39. The van der Waals surface area contributed by atoms with Crippen LogP contribution in [0.3, 0.4) is 0 Å². The van der Waals surface area contributed by atoms with Crippen molar-refractivity contribution in [1.82, 2.24) is 5.32 Å². The number of nitro groups is 1. The highest BCUT2D eigenvalue weighted by atomic mass is 35.5. The van der Waals surface area contributed by atoms with E-state index in [4.69, 9.17) is 11.6 Å². The number of non-ortho nitro benzene ring substituents is 1. The van der Waals surface area contributed by atoms with Crippen molar-refractivity contribution in [3.8, 4) is 0 Å². The third-order valence-electron chi connectivity index (χ3n) is 3.72. The molecule has 0 aromatic heterocycles. The SMILES string of the molecule is O=C(NC1CC1)c1ccc(NC(=O)c2cc([N+](=O)[O-])ccc2Cl)cc1. The molecule has 2 aromatic rings. The number of nitro benzene ring substituents is 1. The van der Waals surface area contributed by atoms with E-state index >= 15 is 0 Å². The summed E-state index contributed by atoms with van der Waals surface area (Å²) in [5, 5.41) is 16.4. The molecule has 25 heavy (non-hydrogen) atoms. The summed E-state index contributed by atoms with van der Waals surface area (Å²) in [6, 6.07) is 10.3. The minimum absolute atomic E-state index is 0.00594. The minimum atomic E-state index is -0.597. The second-order valence-corrected chi connectivity index (χ2v) is 6.11. The second-order valence-electron chi connectivity index (χ2n) is 5.70. The van der Waals surface area contributed by atoms with Crippen LogP contribution in [0, 0.1) is 10.1 Å². The van der Waals surface area contributed by atoms with Gasteiger partial charge in [0, 0.05) is 29.4 Å². The van der Waals surface area contributed by atoms with Crippen LogP contribution in [-0.4, -0.2) is 22.8 Å². The Bertz CT molecular complexity index is 847. The lowest BCUT2D eigenvalue weighted by atomic mass is 10.1. The van der Waals surface area contributed by atoms with Crippen LogP contribution in [0.4, 0.5) is 11.4 Å². The monoisotopic (exact) mass is 359 g/mol. The summed E-state index contributed by atoms with van der Waals surface area (Å²) >= 11 is 5.95. The summed E-state index contributed by atoms with van der Waals surface area (Å²) in [5.74, 6) is -0.717. The van der Waals surface area contributed by atoms with Gasteiger partial charge in [0.05, 0.1) is 15.5 Å². The van der Waals surface area contributed by atoms with Crippen LogP contribution < -0.4 is 10.6 Å². The smallest absolute Gasteiger partial charge is 0.270 e. The van der Waals surface area contributed by atoms with Gasteiger partial charge in [-0.05, 0) is 43.2 Å². The van der Waals surface area contributed by atoms with Crippen LogP contribution in [0.5, 0.6) is 0 Å². The maximum atomic E-state index is 12.3. The summed E-state index contributed by atoms with van der Waals surface area (Å²) in [4.78, 5) is 34.4. The maximum Gasteiger partial charge on any atom is 0.270 e. The lowest BCUT2D eigenvalue weighted by Gasteiger charge is -2.08. The van der Waals surface area contributed by atoms with Crippen molar-refractivity contribution in [3.05, 3.63) is 68.7 Å². The topological polar surface area (TPSA) is 101 Å². The second kappa shape index (κ2) is 6.90. The van der Waals surface area contributed by atoms with Crippen LogP contribution in [0.15, 0.2) is 42.5 Å². The van der Waals surface area contributed by atoms with Crippen LogP contribution in [-0.2, 0) is 0 Å². The lowest BCUT2D eigenvalue weighted by Crippen LogP contribution is -2.25. The van der Waals surface area contributed by atoms with Gasteiger partial charge in [-0.25, -0.2) is 0 Å². The van der Waals surface area contributed by atoms with Gasteiger partial charge in [0.25, 0.3) is 17.5 Å². The summed E-state index contributed by atoms with van der Waals surface area (Å²) < 4.78 is 0. The molecule has 0 heterocycles. The van der Waals surface area contributed by atoms with Crippen molar-refractivity contribution >= 4 is 34.8 Å². The zero-order valence-electron chi connectivity index (χ0n) is 13.0. The Labute approximate surface area is 148 Å². The Hall–Kier alpha value is -2.93. The zero-order valence-corrected chi connectivity index (χ0v) is 13.7. The predicted molar refractivity (Wildman–Crippen MR) is 93.0 cm³/mol. The highest BCUT2D eigenvalue weighted by molar-refractivity contribution is 6.34. The highest BCUT2D eigenvalue weighted by Crippen LogP contribution is 2.23. The van der Waals surface area contributed by atoms with Crippen molar-refractivity contribution < 1.29 is 14.5 Å². The van der Waals surface area contributed by atoms with E-state index in [0.717, 1.165) is 18.9 Å². The van der Waals surface area contributed by atoms with Crippen molar-refractivity contribution in [2.24, 2.45) is 0 Å². The molecule has 0 radical (unpaired) electrons. The molecule has 1 saturated carbocycles. The van der Waals surface area contributed by atoms with Crippen LogP contribution >= 0.6 is 11.6 Å². The number of hydrogen-bond acceptors (Lipinski definition) is 4. The van der Waals surface area contributed by atoms with Gasteiger partial charge < -0.3 is 10.6 Å². The van der Waals surface area contributed by atoms with E-state index in [-0.39, 0.29) is 28.2 Å². The number of benzene rings is 2. The van der Waals surface area contributed by atoms with Crippen molar-refractivity contribution in [3.63, 3.8) is 0 Å². The molecular weight excluding hydrogens is 346 g/mol. The first-order chi connectivity index (χ1) is 11.9. The van der Waals surface area contributed by atoms with E-state index < -0.39 is 10.8 Å². The van der Waals surface area contributed by atoms with E-state index in [1.165, 1.54) is 12.1 Å². The Kier molecular flexibility index (Phi) is 4.67. The first-order valence-electron chi connectivity index (χ1n) is 7.60. The van der Waals surface area contributed by atoms with Gasteiger partial charge in [-0.15, -0.1) is 0 Å². The number of nitrogens with zero attached hydrogens (tertiary/aromatic N) is 1. The van der Waals surface area contributed by atoms with Crippen molar-refractivity contribution in [1.29, 1.82) is 0 Å². The van der Waals surface area contributed by atoms with Gasteiger partial charge in [0.2, 0.25) is 0 Å². The van der Waals surface area contributed by atoms with Gasteiger partial charge in [-0.1, -0.05) is 11.6 Å².